The van der Waals surface area contributed by atoms with Crippen LogP contribution in [0.4, 0.5) is 0 Å². The molecule has 0 heterocycles. The number of amides is 2. The van der Waals surface area contributed by atoms with Crippen molar-refractivity contribution in [3.63, 3.8) is 0 Å². The number of hydrogen-bond donors (Lipinski definition) is 1. The largest absolute Gasteiger partial charge is 0.275 e. The van der Waals surface area contributed by atoms with Gasteiger partial charge in [-0.15, -0.1) is 0 Å². The van der Waals surface area contributed by atoms with E-state index in [0.29, 0.717) is 0 Å². The molecule has 0 fully saturated rings. The maximum absolute atomic E-state index is 13.0. The second-order valence-corrected chi connectivity index (χ2v) is 7.55. The summed E-state index contributed by atoms with van der Waals surface area (Å²) in [5.41, 5.74) is 2.27. The Balaban J connectivity index is 2.39. The van der Waals surface area contributed by atoms with E-state index >= 15 is 0 Å². The lowest BCUT2D eigenvalue weighted by Gasteiger charge is -2.36. The van der Waals surface area contributed by atoms with Crippen molar-refractivity contribution in [2.45, 2.75) is 26.3 Å². The van der Waals surface area contributed by atoms with Crippen molar-refractivity contribution in [1.29, 1.82) is 0 Å². The van der Waals surface area contributed by atoms with E-state index in [2.05, 4.69) is 5.43 Å². The molecule has 0 radical (unpaired) electrons. The molecule has 2 aromatic rings. The first kappa shape index (κ1) is 19.6. The van der Waals surface area contributed by atoms with Crippen molar-refractivity contribution in [3.8, 4) is 0 Å². The molecule has 4 nitrogen and oxygen atoms in total. The quantitative estimate of drug-likeness (QED) is 0.703. The van der Waals surface area contributed by atoms with Gasteiger partial charge >= 0.3 is 0 Å². The number of carbonyl (C=O) groups is 2. The van der Waals surface area contributed by atoms with Gasteiger partial charge in [-0.05, 0) is 45.0 Å². The number of nitrogens with one attached hydrogen (secondary N) is 1. The van der Waals surface area contributed by atoms with Crippen molar-refractivity contribution >= 4 is 46.6 Å². The topological polar surface area (TPSA) is 49.4 Å². The minimum atomic E-state index is -0.726. The van der Waals surface area contributed by atoms with Crippen molar-refractivity contribution in [2.75, 3.05) is 0 Å². The molecule has 0 spiro atoms. The fourth-order valence-electron chi connectivity index (χ4n) is 2.14. The zero-order valence-corrected chi connectivity index (χ0v) is 16.2. The van der Waals surface area contributed by atoms with Crippen LogP contribution in [0.3, 0.4) is 0 Å². The monoisotopic (exact) mass is 398 g/mol. The van der Waals surface area contributed by atoms with Gasteiger partial charge in [0.25, 0.3) is 11.8 Å². The first-order valence-electron chi connectivity index (χ1n) is 7.47. The average molecular weight is 400 g/mol. The van der Waals surface area contributed by atoms with Gasteiger partial charge in [0.15, 0.2) is 0 Å². The third kappa shape index (κ3) is 4.46. The van der Waals surface area contributed by atoms with Crippen LogP contribution in [0.2, 0.25) is 15.1 Å². The second-order valence-electron chi connectivity index (χ2n) is 6.33. The molecule has 7 heteroatoms. The van der Waals surface area contributed by atoms with Crippen LogP contribution in [0.25, 0.3) is 0 Å². The summed E-state index contributed by atoms with van der Waals surface area (Å²) in [5.74, 6) is -1.01. The maximum Gasteiger partial charge on any atom is 0.275 e. The Morgan fingerprint density at radius 3 is 1.92 bits per heavy atom. The van der Waals surface area contributed by atoms with Crippen molar-refractivity contribution in [1.82, 2.24) is 10.4 Å². The molecule has 0 saturated heterocycles. The van der Waals surface area contributed by atoms with Crippen molar-refractivity contribution < 1.29 is 9.59 Å². The summed E-state index contributed by atoms with van der Waals surface area (Å²) >= 11 is 18.3. The highest BCUT2D eigenvalue weighted by Gasteiger charge is 2.32. The minimum Gasteiger partial charge on any atom is -0.267 e. The Morgan fingerprint density at radius 2 is 1.40 bits per heavy atom. The van der Waals surface area contributed by atoms with E-state index in [1.165, 1.54) is 5.01 Å². The number of benzene rings is 2. The molecule has 0 bridgehead atoms. The molecule has 1 N–H and O–H groups in total. The van der Waals surface area contributed by atoms with Crippen LogP contribution >= 0.6 is 34.8 Å². The summed E-state index contributed by atoms with van der Waals surface area (Å²) in [6, 6.07) is 11.4. The van der Waals surface area contributed by atoms with E-state index in [1.807, 2.05) is 0 Å². The van der Waals surface area contributed by atoms with Gasteiger partial charge in [0.05, 0.1) is 31.7 Å². The zero-order chi connectivity index (χ0) is 18.8. The summed E-state index contributed by atoms with van der Waals surface area (Å²) in [6.07, 6.45) is 0. The van der Waals surface area contributed by atoms with Crippen LogP contribution in [-0.4, -0.2) is 22.4 Å². The van der Waals surface area contributed by atoms with Gasteiger partial charge in [-0.25, -0.2) is 5.01 Å². The Labute approximate surface area is 161 Å². The molecule has 25 heavy (non-hydrogen) atoms. The van der Waals surface area contributed by atoms with Crippen LogP contribution < -0.4 is 5.43 Å². The first-order chi connectivity index (χ1) is 11.6. The van der Waals surface area contributed by atoms with E-state index in [9.17, 15) is 9.59 Å². The van der Waals surface area contributed by atoms with E-state index in [1.54, 1.807) is 63.2 Å². The molecule has 0 aliphatic carbocycles. The SMILES string of the molecule is CC(C)(C)N(NC(=O)c1ccccc1Cl)C(=O)c1c(Cl)cccc1Cl. The Morgan fingerprint density at radius 1 is 0.880 bits per heavy atom. The van der Waals surface area contributed by atoms with Gasteiger partial charge < -0.3 is 0 Å². The van der Waals surface area contributed by atoms with Gasteiger partial charge in [0.1, 0.15) is 0 Å². The van der Waals surface area contributed by atoms with E-state index in [4.69, 9.17) is 34.8 Å². The predicted octanol–water partition coefficient (Wildman–Crippen LogP) is 5.23. The number of carbonyl (C=O) groups excluding carboxylic acids is 2. The number of nitrogens with zero attached hydrogens (tertiary/aromatic N) is 1. The number of hydrazine groups is 1. The Kier molecular flexibility index (Phi) is 5.99. The molecule has 0 aliphatic heterocycles. The third-order valence-corrected chi connectivity index (χ3v) is 4.34. The lowest BCUT2D eigenvalue weighted by atomic mass is 10.1. The van der Waals surface area contributed by atoms with Crippen LogP contribution in [-0.2, 0) is 0 Å². The molecule has 132 valence electrons. The standard InChI is InChI=1S/C18H17Cl3N2O2/c1-18(2,3)23(17(25)15-13(20)9-6-10-14(15)21)22-16(24)11-7-4-5-8-12(11)19/h4-10H,1-3H3,(H,22,24). The highest BCUT2D eigenvalue weighted by atomic mass is 35.5. The van der Waals surface area contributed by atoms with Crippen molar-refractivity contribution in [2.24, 2.45) is 0 Å². The summed E-state index contributed by atoms with van der Waals surface area (Å²) in [7, 11) is 0. The van der Waals surface area contributed by atoms with Gasteiger partial charge in [-0.1, -0.05) is 53.0 Å². The Hall–Kier alpha value is -1.75. The van der Waals surface area contributed by atoms with Crippen LogP contribution in [0, 0.1) is 0 Å². The molecule has 0 atom stereocenters. The molecule has 0 aromatic heterocycles. The van der Waals surface area contributed by atoms with Gasteiger partial charge in [0, 0.05) is 0 Å². The van der Waals surface area contributed by atoms with E-state index in [-0.39, 0.29) is 26.2 Å². The van der Waals surface area contributed by atoms with Crippen molar-refractivity contribution in [3.05, 3.63) is 68.7 Å². The van der Waals surface area contributed by atoms with Crippen LogP contribution in [0.1, 0.15) is 41.5 Å². The van der Waals surface area contributed by atoms with Gasteiger partial charge in [-0.2, -0.15) is 0 Å². The molecule has 2 amide bonds. The zero-order valence-electron chi connectivity index (χ0n) is 13.9. The number of rotatable bonds is 2. The fourth-order valence-corrected chi connectivity index (χ4v) is 2.92. The summed E-state index contributed by atoms with van der Waals surface area (Å²) in [6.45, 7) is 5.34. The fraction of sp³-hybridized carbons (Fsp3) is 0.222. The van der Waals surface area contributed by atoms with Crippen LogP contribution in [0.5, 0.6) is 0 Å². The summed E-state index contributed by atoms with van der Waals surface area (Å²) in [4.78, 5) is 25.6. The molecule has 0 aliphatic rings. The first-order valence-corrected chi connectivity index (χ1v) is 8.60. The summed E-state index contributed by atoms with van der Waals surface area (Å²) in [5, 5.41) is 1.90. The molecule has 2 aromatic carbocycles. The number of halogens is 3. The molecule has 2 rings (SSSR count). The predicted molar refractivity (Wildman–Crippen MR) is 101 cm³/mol. The second kappa shape index (κ2) is 7.65. The van der Waals surface area contributed by atoms with Gasteiger partial charge in [0.2, 0.25) is 0 Å². The third-order valence-electron chi connectivity index (χ3n) is 3.38. The van der Waals surface area contributed by atoms with Crippen LogP contribution in [0.15, 0.2) is 42.5 Å². The summed E-state index contributed by atoms with van der Waals surface area (Å²) < 4.78 is 0. The highest BCUT2D eigenvalue weighted by Crippen LogP contribution is 2.28. The highest BCUT2D eigenvalue weighted by molar-refractivity contribution is 6.39. The van der Waals surface area contributed by atoms with Gasteiger partial charge in [-0.3, -0.25) is 15.0 Å². The molecule has 0 unspecified atom stereocenters. The maximum atomic E-state index is 13.0. The van der Waals surface area contributed by atoms with E-state index < -0.39 is 17.4 Å². The average Bonchev–Trinajstić information content (AvgIpc) is 2.51. The smallest absolute Gasteiger partial charge is 0.267 e. The van der Waals surface area contributed by atoms with E-state index in [0.717, 1.165) is 0 Å². The Bertz CT molecular complexity index is 796. The minimum absolute atomic E-state index is 0.125. The molecular formula is C18H17Cl3N2O2. The molecule has 0 saturated carbocycles. The lowest BCUT2D eigenvalue weighted by molar-refractivity contribution is 0.0359. The normalized spacial score (nSPS) is 11.1. The molecular weight excluding hydrogens is 383 g/mol. The lowest BCUT2D eigenvalue weighted by Crippen LogP contribution is -2.56. The number of hydrogen-bond acceptors (Lipinski definition) is 2.